The van der Waals surface area contributed by atoms with Gasteiger partial charge in [0, 0.05) is 31.2 Å². The Labute approximate surface area is 95.4 Å². The van der Waals surface area contributed by atoms with E-state index in [9.17, 15) is 0 Å². The number of hydrogen-bond donors (Lipinski definition) is 1. The molecule has 2 nitrogen and oxygen atoms in total. The lowest BCUT2D eigenvalue weighted by Gasteiger charge is -2.30. The summed E-state index contributed by atoms with van der Waals surface area (Å²) in [6, 6.07) is 2.12. The van der Waals surface area contributed by atoms with E-state index in [2.05, 4.69) is 44.8 Å². The van der Waals surface area contributed by atoms with Crippen molar-refractivity contribution in [1.82, 2.24) is 10.2 Å². The molecule has 0 aromatic rings. The summed E-state index contributed by atoms with van der Waals surface area (Å²) in [6.45, 7) is 14.0. The second kappa shape index (κ2) is 5.86. The second-order valence-electron chi connectivity index (χ2n) is 5.52. The highest BCUT2D eigenvalue weighted by atomic mass is 15.2. The minimum atomic E-state index is 0.620. The molecule has 1 saturated heterocycles. The SMILES string of the molecule is CCC(C(C)C)N1CCC(NC(C)C)C1. The summed E-state index contributed by atoms with van der Waals surface area (Å²) in [4.78, 5) is 2.67. The summed E-state index contributed by atoms with van der Waals surface area (Å²) in [5, 5.41) is 3.65. The monoisotopic (exact) mass is 212 g/mol. The van der Waals surface area contributed by atoms with Crippen molar-refractivity contribution in [3.63, 3.8) is 0 Å². The van der Waals surface area contributed by atoms with Crippen LogP contribution in [0.2, 0.25) is 0 Å². The first-order chi connectivity index (χ1) is 7.04. The molecule has 1 aliphatic heterocycles. The molecule has 2 atom stereocenters. The molecule has 0 aromatic carbocycles. The lowest BCUT2D eigenvalue weighted by atomic mass is 10.0. The number of nitrogens with zero attached hydrogens (tertiary/aromatic N) is 1. The summed E-state index contributed by atoms with van der Waals surface area (Å²) in [6.07, 6.45) is 2.60. The molecule has 0 aliphatic carbocycles. The van der Waals surface area contributed by atoms with E-state index in [1.165, 1.54) is 25.9 Å². The first-order valence-corrected chi connectivity index (χ1v) is 6.54. The predicted octanol–water partition coefficient (Wildman–Crippen LogP) is 2.49. The van der Waals surface area contributed by atoms with Crippen molar-refractivity contribution < 1.29 is 0 Å². The highest BCUT2D eigenvalue weighted by molar-refractivity contribution is 4.86. The largest absolute Gasteiger partial charge is 0.310 e. The molecular formula is C13H28N2. The number of rotatable bonds is 5. The van der Waals surface area contributed by atoms with Gasteiger partial charge in [-0.2, -0.15) is 0 Å². The van der Waals surface area contributed by atoms with Crippen molar-refractivity contribution in [2.45, 2.75) is 65.6 Å². The molecule has 0 spiro atoms. The van der Waals surface area contributed by atoms with Crippen molar-refractivity contribution in [1.29, 1.82) is 0 Å². The van der Waals surface area contributed by atoms with Gasteiger partial charge in [-0.1, -0.05) is 34.6 Å². The summed E-state index contributed by atoms with van der Waals surface area (Å²) in [5.41, 5.74) is 0. The predicted molar refractivity (Wildman–Crippen MR) is 67.2 cm³/mol. The van der Waals surface area contributed by atoms with Crippen molar-refractivity contribution >= 4 is 0 Å². The van der Waals surface area contributed by atoms with Gasteiger partial charge in [0.1, 0.15) is 0 Å². The van der Waals surface area contributed by atoms with Crippen LogP contribution in [-0.2, 0) is 0 Å². The molecule has 0 saturated carbocycles. The van der Waals surface area contributed by atoms with Crippen LogP contribution < -0.4 is 5.32 Å². The average molecular weight is 212 g/mol. The quantitative estimate of drug-likeness (QED) is 0.753. The van der Waals surface area contributed by atoms with Crippen molar-refractivity contribution in [2.24, 2.45) is 5.92 Å². The van der Waals surface area contributed by atoms with E-state index in [-0.39, 0.29) is 0 Å². The van der Waals surface area contributed by atoms with Crippen LogP contribution in [0.4, 0.5) is 0 Å². The Morgan fingerprint density at radius 3 is 2.40 bits per heavy atom. The summed E-state index contributed by atoms with van der Waals surface area (Å²) < 4.78 is 0. The zero-order valence-corrected chi connectivity index (χ0v) is 11.1. The Morgan fingerprint density at radius 1 is 1.27 bits per heavy atom. The normalized spacial score (nSPS) is 25.4. The van der Waals surface area contributed by atoms with Gasteiger partial charge in [-0.15, -0.1) is 0 Å². The smallest absolute Gasteiger partial charge is 0.0209 e. The molecule has 0 bridgehead atoms. The standard InChI is InChI=1S/C13H28N2/c1-6-13(10(2)3)15-8-7-12(9-15)14-11(4)5/h10-14H,6-9H2,1-5H3. The Bertz CT molecular complexity index is 177. The van der Waals surface area contributed by atoms with Crippen LogP contribution in [0.5, 0.6) is 0 Å². The van der Waals surface area contributed by atoms with Gasteiger partial charge in [-0.05, 0) is 18.8 Å². The molecule has 1 rings (SSSR count). The van der Waals surface area contributed by atoms with Gasteiger partial charge in [-0.3, -0.25) is 4.90 Å². The third kappa shape index (κ3) is 3.76. The van der Waals surface area contributed by atoms with Crippen LogP contribution in [0.25, 0.3) is 0 Å². The van der Waals surface area contributed by atoms with Crippen LogP contribution >= 0.6 is 0 Å². The van der Waals surface area contributed by atoms with E-state index in [0.29, 0.717) is 6.04 Å². The molecule has 1 fully saturated rings. The Balaban J connectivity index is 2.40. The van der Waals surface area contributed by atoms with Crippen LogP contribution in [0.1, 0.15) is 47.5 Å². The molecule has 1 N–H and O–H groups in total. The molecule has 15 heavy (non-hydrogen) atoms. The molecule has 0 aromatic heterocycles. The van der Waals surface area contributed by atoms with Crippen LogP contribution in [0, 0.1) is 5.92 Å². The number of likely N-dealkylation sites (tertiary alicyclic amines) is 1. The zero-order valence-electron chi connectivity index (χ0n) is 11.1. The molecule has 90 valence electrons. The fraction of sp³-hybridized carbons (Fsp3) is 1.00. The minimum absolute atomic E-state index is 0.620. The lowest BCUT2D eigenvalue weighted by Crippen LogP contribution is -2.41. The van der Waals surface area contributed by atoms with Gasteiger partial charge >= 0.3 is 0 Å². The first kappa shape index (κ1) is 13.0. The zero-order chi connectivity index (χ0) is 11.4. The fourth-order valence-corrected chi connectivity index (χ4v) is 2.85. The maximum Gasteiger partial charge on any atom is 0.0209 e. The third-order valence-electron chi connectivity index (χ3n) is 3.45. The van der Waals surface area contributed by atoms with Crippen LogP contribution in [0.3, 0.4) is 0 Å². The Morgan fingerprint density at radius 2 is 1.93 bits per heavy atom. The fourth-order valence-electron chi connectivity index (χ4n) is 2.85. The molecular weight excluding hydrogens is 184 g/mol. The third-order valence-corrected chi connectivity index (χ3v) is 3.45. The van der Waals surface area contributed by atoms with E-state index >= 15 is 0 Å². The average Bonchev–Trinajstić information content (AvgIpc) is 2.52. The van der Waals surface area contributed by atoms with Crippen molar-refractivity contribution in [3.8, 4) is 0 Å². The first-order valence-electron chi connectivity index (χ1n) is 6.54. The maximum absolute atomic E-state index is 3.65. The molecule has 2 unspecified atom stereocenters. The van der Waals surface area contributed by atoms with Gasteiger partial charge in [0.25, 0.3) is 0 Å². The molecule has 0 radical (unpaired) electrons. The van der Waals surface area contributed by atoms with E-state index < -0.39 is 0 Å². The van der Waals surface area contributed by atoms with E-state index in [0.717, 1.165) is 18.0 Å². The molecule has 2 heteroatoms. The van der Waals surface area contributed by atoms with Crippen LogP contribution in [0.15, 0.2) is 0 Å². The van der Waals surface area contributed by atoms with Gasteiger partial charge < -0.3 is 5.32 Å². The summed E-state index contributed by atoms with van der Waals surface area (Å²) in [5.74, 6) is 0.785. The van der Waals surface area contributed by atoms with Crippen LogP contribution in [-0.4, -0.2) is 36.1 Å². The lowest BCUT2D eigenvalue weighted by molar-refractivity contribution is 0.181. The minimum Gasteiger partial charge on any atom is -0.310 e. The van der Waals surface area contributed by atoms with Gasteiger partial charge in [0.05, 0.1) is 0 Å². The van der Waals surface area contributed by atoms with Crippen molar-refractivity contribution in [3.05, 3.63) is 0 Å². The maximum atomic E-state index is 3.65. The van der Waals surface area contributed by atoms with Crippen molar-refractivity contribution in [2.75, 3.05) is 13.1 Å². The van der Waals surface area contributed by atoms with E-state index in [1.807, 2.05) is 0 Å². The van der Waals surface area contributed by atoms with Gasteiger partial charge in [0.2, 0.25) is 0 Å². The van der Waals surface area contributed by atoms with E-state index in [1.54, 1.807) is 0 Å². The van der Waals surface area contributed by atoms with Gasteiger partial charge in [0.15, 0.2) is 0 Å². The highest BCUT2D eigenvalue weighted by Gasteiger charge is 2.28. The summed E-state index contributed by atoms with van der Waals surface area (Å²) >= 11 is 0. The molecule has 1 heterocycles. The summed E-state index contributed by atoms with van der Waals surface area (Å²) in [7, 11) is 0. The second-order valence-corrected chi connectivity index (χ2v) is 5.52. The number of hydrogen-bond acceptors (Lipinski definition) is 2. The number of nitrogens with one attached hydrogen (secondary N) is 1. The highest BCUT2D eigenvalue weighted by Crippen LogP contribution is 2.20. The van der Waals surface area contributed by atoms with Gasteiger partial charge in [-0.25, -0.2) is 0 Å². The van der Waals surface area contributed by atoms with E-state index in [4.69, 9.17) is 0 Å². The topological polar surface area (TPSA) is 15.3 Å². The molecule has 1 aliphatic rings. The Hall–Kier alpha value is -0.0800. The molecule has 0 amide bonds. The Kier molecular flexibility index (Phi) is 5.07.